The smallest absolute Gasteiger partial charge is 0.338 e. The average molecular weight is 386 g/mol. The maximum Gasteiger partial charge on any atom is 0.338 e. The summed E-state index contributed by atoms with van der Waals surface area (Å²) in [5, 5.41) is 18.6. The molecule has 2 heterocycles. The fourth-order valence-corrected chi connectivity index (χ4v) is 3.24. The topological polar surface area (TPSA) is 112 Å². The zero-order valence-electron chi connectivity index (χ0n) is 14.7. The molecule has 28 heavy (non-hydrogen) atoms. The van der Waals surface area contributed by atoms with Crippen LogP contribution in [-0.2, 0) is 18.9 Å². The number of phenols is 2. The molecule has 4 atom stereocenters. The molecule has 2 aliphatic rings. The van der Waals surface area contributed by atoms with Crippen molar-refractivity contribution < 1.29 is 38.7 Å². The highest BCUT2D eigenvalue weighted by Crippen LogP contribution is 2.31. The number of fused-ring (bicyclic) bond motifs is 1. The maximum absolute atomic E-state index is 12.3. The maximum atomic E-state index is 12.3. The molecular weight excluding hydrogens is 368 g/mol. The van der Waals surface area contributed by atoms with Crippen LogP contribution in [0.4, 0.5) is 0 Å². The predicted molar refractivity (Wildman–Crippen MR) is 94.1 cm³/mol. The van der Waals surface area contributed by atoms with E-state index >= 15 is 0 Å². The van der Waals surface area contributed by atoms with Crippen molar-refractivity contribution in [3.63, 3.8) is 0 Å². The molecule has 2 aromatic rings. The van der Waals surface area contributed by atoms with E-state index in [0.29, 0.717) is 11.1 Å². The van der Waals surface area contributed by atoms with Crippen LogP contribution in [0.3, 0.4) is 0 Å². The van der Waals surface area contributed by atoms with Gasteiger partial charge in [0.2, 0.25) is 0 Å². The molecule has 4 rings (SSSR count). The standard InChI is InChI=1S/C20H18O8/c21-13-5-1-11(2-6-13)19(23)27-15-9-25-18-16(10-26-17(15)18)28-20(24)12-3-7-14(22)8-4-12/h1-8,15-18,21-22H,9-10H2/t15-,16?,17?,18?/m1/s1. The quantitative estimate of drug-likeness (QED) is 0.763. The van der Waals surface area contributed by atoms with Crippen LogP contribution in [0.15, 0.2) is 48.5 Å². The first kappa shape index (κ1) is 18.3. The molecule has 2 fully saturated rings. The Hall–Kier alpha value is -3.10. The molecule has 0 aliphatic carbocycles. The molecule has 0 radical (unpaired) electrons. The number of phenolic OH excluding ortho intramolecular Hbond substituents is 2. The molecule has 146 valence electrons. The third-order valence-corrected chi connectivity index (χ3v) is 4.69. The number of carbonyl (C=O) groups excluding carboxylic acids is 2. The normalized spacial score (nSPS) is 25.9. The van der Waals surface area contributed by atoms with Gasteiger partial charge < -0.3 is 29.2 Å². The predicted octanol–water partition coefficient (Wildman–Crippen LogP) is 1.65. The van der Waals surface area contributed by atoms with Gasteiger partial charge >= 0.3 is 11.9 Å². The van der Waals surface area contributed by atoms with E-state index in [4.69, 9.17) is 18.9 Å². The number of esters is 2. The van der Waals surface area contributed by atoms with Crippen molar-refractivity contribution in [2.45, 2.75) is 24.4 Å². The Labute approximate surface area is 160 Å². The number of rotatable bonds is 4. The lowest BCUT2D eigenvalue weighted by atomic mass is 10.1. The summed E-state index contributed by atoms with van der Waals surface area (Å²) in [7, 11) is 0. The minimum atomic E-state index is -0.622. The lowest BCUT2D eigenvalue weighted by Crippen LogP contribution is -2.36. The van der Waals surface area contributed by atoms with Gasteiger partial charge in [-0.25, -0.2) is 9.59 Å². The lowest BCUT2D eigenvalue weighted by Gasteiger charge is -2.17. The number of carbonyl (C=O) groups is 2. The van der Waals surface area contributed by atoms with E-state index in [-0.39, 0.29) is 24.7 Å². The largest absolute Gasteiger partial charge is 0.508 e. The van der Waals surface area contributed by atoms with Crippen molar-refractivity contribution in [3.8, 4) is 11.5 Å². The number of hydrogen-bond acceptors (Lipinski definition) is 8. The highest BCUT2D eigenvalue weighted by Gasteiger charge is 2.51. The monoisotopic (exact) mass is 386 g/mol. The molecule has 0 spiro atoms. The van der Waals surface area contributed by atoms with Crippen molar-refractivity contribution in [1.29, 1.82) is 0 Å². The summed E-state index contributed by atoms with van der Waals surface area (Å²) in [5.74, 6) is -0.999. The van der Waals surface area contributed by atoms with Crippen LogP contribution in [0.25, 0.3) is 0 Å². The van der Waals surface area contributed by atoms with Gasteiger partial charge in [-0.1, -0.05) is 0 Å². The Bertz CT molecular complexity index is 787. The molecule has 0 amide bonds. The molecule has 0 saturated carbocycles. The van der Waals surface area contributed by atoms with Crippen molar-refractivity contribution >= 4 is 11.9 Å². The zero-order valence-corrected chi connectivity index (χ0v) is 14.7. The Morgan fingerprint density at radius 2 is 1.07 bits per heavy atom. The number of ether oxygens (including phenoxy) is 4. The second kappa shape index (κ2) is 7.49. The molecule has 3 unspecified atom stereocenters. The summed E-state index contributed by atoms with van der Waals surface area (Å²) in [6, 6.07) is 11.4. The van der Waals surface area contributed by atoms with Crippen molar-refractivity contribution in [2.24, 2.45) is 0 Å². The van der Waals surface area contributed by atoms with Gasteiger partial charge in [-0.05, 0) is 48.5 Å². The summed E-state index contributed by atoms with van der Waals surface area (Å²) in [6.45, 7) is 0.263. The molecule has 2 aliphatic heterocycles. The van der Waals surface area contributed by atoms with E-state index in [1.807, 2.05) is 0 Å². The number of benzene rings is 2. The first-order chi connectivity index (χ1) is 13.5. The summed E-state index contributed by atoms with van der Waals surface area (Å²) in [4.78, 5) is 24.5. The molecule has 8 heteroatoms. The van der Waals surface area contributed by atoms with Gasteiger partial charge in [-0.2, -0.15) is 0 Å². The van der Waals surface area contributed by atoms with Crippen LogP contribution in [0.1, 0.15) is 20.7 Å². The Morgan fingerprint density at radius 1 is 0.714 bits per heavy atom. The van der Waals surface area contributed by atoms with E-state index in [9.17, 15) is 19.8 Å². The van der Waals surface area contributed by atoms with Crippen LogP contribution in [0.2, 0.25) is 0 Å². The molecular formula is C20H18O8. The third kappa shape index (κ3) is 3.64. The van der Waals surface area contributed by atoms with Crippen molar-refractivity contribution in [1.82, 2.24) is 0 Å². The summed E-state index contributed by atoms with van der Waals surface area (Å²) < 4.78 is 22.2. The van der Waals surface area contributed by atoms with Gasteiger partial charge in [-0.3, -0.25) is 0 Å². The number of aromatic hydroxyl groups is 2. The minimum Gasteiger partial charge on any atom is -0.508 e. The van der Waals surface area contributed by atoms with Crippen LogP contribution < -0.4 is 0 Å². The highest BCUT2D eigenvalue weighted by atomic mass is 16.7. The van der Waals surface area contributed by atoms with E-state index in [1.165, 1.54) is 48.5 Å². The van der Waals surface area contributed by atoms with Gasteiger partial charge in [-0.15, -0.1) is 0 Å². The SMILES string of the molecule is O=C(OC1COC2C1OC[C@H]2OC(=O)c1ccc(O)cc1)c1ccc(O)cc1. The van der Waals surface area contributed by atoms with E-state index in [2.05, 4.69) is 0 Å². The van der Waals surface area contributed by atoms with Gasteiger partial charge in [0.1, 0.15) is 23.7 Å². The summed E-state index contributed by atoms with van der Waals surface area (Å²) in [5.41, 5.74) is 0.601. The Morgan fingerprint density at radius 3 is 1.43 bits per heavy atom. The summed E-state index contributed by atoms with van der Waals surface area (Å²) in [6.07, 6.45) is -2.30. The van der Waals surface area contributed by atoms with Crippen LogP contribution in [-0.4, -0.2) is 59.8 Å². The van der Waals surface area contributed by atoms with Gasteiger partial charge in [0.05, 0.1) is 24.3 Å². The first-order valence-corrected chi connectivity index (χ1v) is 8.74. The van der Waals surface area contributed by atoms with Gasteiger partial charge in [0.25, 0.3) is 0 Å². The van der Waals surface area contributed by atoms with E-state index < -0.39 is 36.4 Å². The van der Waals surface area contributed by atoms with Crippen LogP contribution in [0, 0.1) is 0 Å². The fraction of sp³-hybridized carbons (Fsp3) is 0.300. The highest BCUT2D eigenvalue weighted by molar-refractivity contribution is 5.90. The number of hydrogen-bond donors (Lipinski definition) is 2. The first-order valence-electron chi connectivity index (χ1n) is 8.74. The molecule has 0 bridgehead atoms. The molecule has 2 N–H and O–H groups in total. The fourth-order valence-electron chi connectivity index (χ4n) is 3.24. The minimum absolute atomic E-state index is 0.0539. The van der Waals surface area contributed by atoms with Crippen LogP contribution >= 0.6 is 0 Å². The second-order valence-corrected chi connectivity index (χ2v) is 6.58. The van der Waals surface area contributed by atoms with E-state index in [0.717, 1.165) is 0 Å². The lowest BCUT2D eigenvalue weighted by molar-refractivity contribution is -0.0287. The zero-order chi connectivity index (χ0) is 19.7. The Balaban J connectivity index is 1.36. The molecule has 2 aromatic carbocycles. The van der Waals surface area contributed by atoms with Crippen molar-refractivity contribution in [2.75, 3.05) is 13.2 Å². The summed E-state index contributed by atoms with van der Waals surface area (Å²) >= 11 is 0. The Kier molecular flexibility index (Phi) is 4.89. The van der Waals surface area contributed by atoms with Gasteiger partial charge in [0, 0.05) is 0 Å². The third-order valence-electron chi connectivity index (χ3n) is 4.69. The molecule has 8 nitrogen and oxygen atoms in total. The molecule has 0 aromatic heterocycles. The van der Waals surface area contributed by atoms with Crippen LogP contribution in [0.5, 0.6) is 11.5 Å². The molecule has 2 saturated heterocycles. The average Bonchev–Trinajstić information content (AvgIpc) is 3.26. The van der Waals surface area contributed by atoms with Crippen molar-refractivity contribution in [3.05, 3.63) is 59.7 Å². The van der Waals surface area contributed by atoms with E-state index in [1.54, 1.807) is 0 Å². The van der Waals surface area contributed by atoms with Gasteiger partial charge in [0.15, 0.2) is 12.2 Å². The second-order valence-electron chi connectivity index (χ2n) is 6.58.